The van der Waals surface area contributed by atoms with E-state index in [-0.39, 0.29) is 6.04 Å². The first-order chi connectivity index (χ1) is 8.08. The second kappa shape index (κ2) is 6.46. The van der Waals surface area contributed by atoms with Gasteiger partial charge in [-0.25, -0.2) is 4.98 Å². The molecule has 0 fully saturated rings. The van der Waals surface area contributed by atoms with Crippen molar-refractivity contribution in [3.8, 4) is 0 Å². The molecule has 0 amide bonds. The number of nitrogens with two attached hydrogens (primary N) is 1. The van der Waals surface area contributed by atoms with Gasteiger partial charge in [0.2, 0.25) is 5.95 Å². The number of nitrogens with zero attached hydrogens (tertiary/aromatic N) is 3. The fourth-order valence-electron chi connectivity index (χ4n) is 1.39. The van der Waals surface area contributed by atoms with Crippen LogP contribution < -0.4 is 11.1 Å². The lowest BCUT2D eigenvalue weighted by molar-refractivity contribution is 0.168. The van der Waals surface area contributed by atoms with E-state index >= 15 is 0 Å². The summed E-state index contributed by atoms with van der Waals surface area (Å²) < 4.78 is 0. The van der Waals surface area contributed by atoms with Gasteiger partial charge in [-0.2, -0.15) is 5.10 Å². The second-order valence-electron chi connectivity index (χ2n) is 4.02. The third-order valence-electron chi connectivity index (χ3n) is 2.62. The Kier molecular flexibility index (Phi) is 5.24. The van der Waals surface area contributed by atoms with Gasteiger partial charge in [0.05, 0.1) is 17.5 Å². The molecule has 0 saturated carbocycles. The Hall–Kier alpha value is -1.27. The van der Waals surface area contributed by atoms with Gasteiger partial charge in [-0.3, -0.25) is 0 Å². The lowest BCUT2D eigenvalue weighted by atomic mass is 10.2. The number of aliphatic hydroxyl groups is 1. The van der Waals surface area contributed by atoms with Crippen LogP contribution in [0.3, 0.4) is 0 Å². The molecule has 2 unspecified atom stereocenters. The van der Waals surface area contributed by atoms with Crippen molar-refractivity contribution in [2.75, 3.05) is 11.9 Å². The summed E-state index contributed by atoms with van der Waals surface area (Å²) >= 11 is 0. The highest BCUT2D eigenvalue weighted by atomic mass is 16.3. The molecule has 0 radical (unpaired) electrons. The van der Waals surface area contributed by atoms with Crippen molar-refractivity contribution in [1.82, 2.24) is 15.2 Å². The standard InChI is InChI=1S/C11H21N5O/c1-4-9-10(5-2)15-16-11(14-9)13-6-8(12)7(3)17/h7-8,17H,4-6,12H2,1-3H3,(H,13,14,16). The highest BCUT2D eigenvalue weighted by molar-refractivity contribution is 5.26. The van der Waals surface area contributed by atoms with E-state index in [2.05, 4.69) is 20.5 Å². The maximum absolute atomic E-state index is 9.26. The number of aliphatic hydroxyl groups excluding tert-OH is 1. The number of hydrogen-bond donors (Lipinski definition) is 3. The van der Waals surface area contributed by atoms with Crippen LogP contribution in [-0.4, -0.2) is 39.0 Å². The van der Waals surface area contributed by atoms with Crippen LogP contribution >= 0.6 is 0 Å². The van der Waals surface area contributed by atoms with Gasteiger partial charge in [-0.15, -0.1) is 5.10 Å². The van der Waals surface area contributed by atoms with E-state index in [1.165, 1.54) is 0 Å². The van der Waals surface area contributed by atoms with Crippen molar-refractivity contribution >= 4 is 5.95 Å². The number of anilines is 1. The first kappa shape index (κ1) is 13.8. The average Bonchev–Trinajstić information content (AvgIpc) is 2.35. The van der Waals surface area contributed by atoms with E-state index in [1.54, 1.807) is 6.92 Å². The van der Waals surface area contributed by atoms with Crippen LogP contribution in [0.2, 0.25) is 0 Å². The van der Waals surface area contributed by atoms with Gasteiger partial charge < -0.3 is 16.2 Å². The molecular weight excluding hydrogens is 218 g/mol. The SMILES string of the molecule is CCc1nnc(NCC(N)C(C)O)nc1CC. The average molecular weight is 239 g/mol. The molecule has 1 rings (SSSR count). The number of aromatic nitrogens is 3. The summed E-state index contributed by atoms with van der Waals surface area (Å²) in [6.07, 6.45) is 1.10. The van der Waals surface area contributed by atoms with Crippen LogP contribution in [0.4, 0.5) is 5.95 Å². The van der Waals surface area contributed by atoms with Gasteiger partial charge in [0.15, 0.2) is 0 Å². The molecule has 1 aromatic rings. The number of rotatable bonds is 6. The quantitative estimate of drug-likeness (QED) is 0.652. The Morgan fingerprint density at radius 1 is 1.24 bits per heavy atom. The fraction of sp³-hybridized carbons (Fsp3) is 0.727. The zero-order valence-corrected chi connectivity index (χ0v) is 10.6. The Morgan fingerprint density at radius 3 is 2.41 bits per heavy atom. The smallest absolute Gasteiger partial charge is 0.243 e. The summed E-state index contributed by atoms with van der Waals surface area (Å²) in [6, 6.07) is -0.338. The summed E-state index contributed by atoms with van der Waals surface area (Å²) in [5, 5.41) is 20.3. The van der Waals surface area contributed by atoms with E-state index in [1.807, 2.05) is 13.8 Å². The molecule has 6 nitrogen and oxygen atoms in total. The zero-order valence-electron chi connectivity index (χ0n) is 10.6. The van der Waals surface area contributed by atoms with Crippen LogP contribution in [0, 0.1) is 0 Å². The molecule has 0 aliphatic rings. The van der Waals surface area contributed by atoms with Gasteiger partial charge in [-0.1, -0.05) is 13.8 Å². The molecule has 0 aliphatic carbocycles. The summed E-state index contributed by atoms with van der Waals surface area (Å²) in [5.41, 5.74) is 7.59. The van der Waals surface area contributed by atoms with Crippen molar-refractivity contribution < 1.29 is 5.11 Å². The molecule has 2 atom stereocenters. The zero-order chi connectivity index (χ0) is 12.8. The predicted molar refractivity (Wildman–Crippen MR) is 66.7 cm³/mol. The van der Waals surface area contributed by atoms with Crippen LogP contribution in [0.15, 0.2) is 0 Å². The minimum absolute atomic E-state index is 0.338. The van der Waals surface area contributed by atoms with E-state index in [9.17, 15) is 5.11 Å². The second-order valence-corrected chi connectivity index (χ2v) is 4.02. The van der Waals surface area contributed by atoms with Gasteiger partial charge in [-0.05, 0) is 19.8 Å². The van der Waals surface area contributed by atoms with Crippen molar-refractivity contribution in [2.24, 2.45) is 5.73 Å². The monoisotopic (exact) mass is 239 g/mol. The van der Waals surface area contributed by atoms with Crippen LogP contribution in [0.1, 0.15) is 32.2 Å². The molecule has 17 heavy (non-hydrogen) atoms. The van der Waals surface area contributed by atoms with Gasteiger partial charge in [0.25, 0.3) is 0 Å². The predicted octanol–water partition coefficient (Wildman–Crippen LogP) is 0.116. The van der Waals surface area contributed by atoms with E-state index in [4.69, 9.17) is 5.73 Å². The largest absolute Gasteiger partial charge is 0.392 e. The molecule has 6 heteroatoms. The minimum atomic E-state index is -0.559. The van der Waals surface area contributed by atoms with Crippen molar-refractivity contribution in [2.45, 2.75) is 45.8 Å². The lowest BCUT2D eigenvalue weighted by Crippen LogP contribution is -2.39. The number of nitrogens with one attached hydrogen (secondary N) is 1. The minimum Gasteiger partial charge on any atom is -0.392 e. The van der Waals surface area contributed by atoms with Crippen molar-refractivity contribution in [3.63, 3.8) is 0 Å². The van der Waals surface area contributed by atoms with Crippen LogP contribution in [-0.2, 0) is 12.8 Å². The fourth-order valence-corrected chi connectivity index (χ4v) is 1.39. The molecule has 0 saturated heterocycles. The summed E-state index contributed by atoms with van der Waals surface area (Å²) in [4.78, 5) is 4.37. The van der Waals surface area contributed by atoms with E-state index in [0.717, 1.165) is 24.2 Å². The van der Waals surface area contributed by atoms with Gasteiger partial charge in [0, 0.05) is 12.6 Å². The highest BCUT2D eigenvalue weighted by Crippen LogP contribution is 2.06. The summed E-state index contributed by atoms with van der Waals surface area (Å²) in [5.74, 6) is 0.468. The Bertz CT molecular complexity index is 356. The molecule has 0 aliphatic heterocycles. The maximum Gasteiger partial charge on any atom is 0.243 e. The molecular formula is C11H21N5O. The van der Waals surface area contributed by atoms with Crippen molar-refractivity contribution in [1.29, 1.82) is 0 Å². The molecule has 0 spiro atoms. The van der Waals surface area contributed by atoms with Gasteiger partial charge >= 0.3 is 0 Å². The highest BCUT2D eigenvalue weighted by Gasteiger charge is 2.10. The molecule has 4 N–H and O–H groups in total. The van der Waals surface area contributed by atoms with E-state index < -0.39 is 6.10 Å². The van der Waals surface area contributed by atoms with Crippen LogP contribution in [0.25, 0.3) is 0 Å². The molecule has 96 valence electrons. The Morgan fingerprint density at radius 2 is 1.88 bits per heavy atom. The molecule has 1 aromatic heterocycles. The third kappa shape index (κ3) is 3.90. The number of aryl methyl sites for hydroxylation is 2. The first-order valence-corrected chi connectivity index (χ1v) is 5.98. The summed E-state index contributed by atoms with van der Waals surface area (Å²) in [6.45, 7) is 6.15. The van der Waals surface area contributed by atoms with Crippen molar-refractivity contribution in [3.05, 3.63) is 11.4 Å². The summed E-state index contributed by atoms with van der Waals surface area (Å²) in [7, 11) is 0. The first-order valence-electron chi connectivity index (χ1n) is 5.98. The molecule has 0 aromatic carbocycles. The van der Waals surface area contributed by atoms with Crippen LogP contribution in [0.5, 0.6) is 0 Å². The lowest BCUT2D eigenvalue weighted by Gasteiger charge is -2.15. The Labute approximate surface area is 102 Å². The Balaban J connectivity index is 2.66. The maximum atomic E-state index is 9.26. The topological polar surface area (TPSA) is 97.0 Å². The van der Waals surface area contributed by atoms with Gasteiger partial charge in [0.1, 0.15) is 0 Å². The molecule has 1 heterocycles. The molecule has 0 bridgehead atoms. The third-order valence-corrected chi connectivity index (χ3v) is 2.62. The normalized spacial score (nSPS) is 14.4. The number of hydrogen-bond acceptors (Lipinski definition) is 6. The van der Waals surface area contributed by atoms with E-state index in [0.29, 0.717) is 12.5 Å².